The van der Waals surface area contributed by atoms with Gasteiger partial charge in [-0.1, -0.05) is 12.5 Å². The van der Waals surface area contributed by atoms with Crippen molar-refractivity contribution in [3.05, 3.63) is 23.8 Å². The monoisotopic (exact) mass is 261 g/mol. The fourth-order valence-electron chi connectivity index (χ4n) is 2.78. The number of carbonyl (C=O) groups is 1. The molecule has 19 heavy (non-hydrogen) atoms. The topological polar surface area (TPSA) is 58.6 Å². The maximum atomic E-state index is 11.8. The van der Waals surface area contributed by atoms with E-state index in [-0.39, 0.29) is 17.9 Å². The molecule has 1 aromatic rings. The maximum absolute atomic E-state index is 11.8. The molecule has 1 aliphatic carbocycles. The first-order chi connectivity index (χ1) is 8.97. The summed E-state index contributed by atoms with van der Waals surface area (Å²) in [6, 6.07) is 5.82. The summed E-state index contributed by atoms with van der Waals surface area (Å²) >= 11 is 0. The van der Waals surface area contributed by atoms with Crippen LogP contribution < -0.4 is 10.1 Å². The van der Waals surface area contributed by atoms with Gasteiger partial charge in [0.2, 0.25) is 0 Å². The van der Waals surface area contributed by atoms with Gasteiger partial charge in [-0.15, -0.1) is 0 Å². The Morgan fingerprint density at radius 3 is 2.68 bits per heavy atom. The van der Waals surface area contributed by atoms with Gasteiger partial charge in [-0.2, -0.15) is 0 Å². The molecule has 0 saturated heterocycles. The highest BCUT2D eigenvalue weighted by Gasteiger charge is 2.40. The van der Waals surface area contributed by atoms with Crippen LogP contribution in [0.2, 0.25) is 0 Å². The molecule has 1 heterocycles. The minimum Gasteiger partial charge on any atom is -0.476 e. The Hall–Kier alpha value is -1.55. The maximum Gasteiger partial charge on any atom is 0.268 e. The van der Waals surface area contributed by atoms with E-state index in [0.717, 1.165) is 24.8 Å². The van der Waals surface area contributed by atoms with Gasteiger partial charge < -0.3 is 15.2 Å². The number of anilines is 1. The van der Waals surface area contributed by atoms with Crippen LogP contribution in [0.4, 0.5) is 5.69 Å². The summed E-state index contributed by atoms with van der Waals surface area (Å²) in [5.74, 6) is 0.565. The van der Waals surface area contributed by atoms with Crippen LogP contribution in [0.15, 0.2) is 18.2 Å². The van der Waals surface area contributed by atoms with Crippen LogP contribution in [0.1, 0.15) is 38.7 Å². The average Bonchev–Trinajstić information content (AvgIpc) is 2.30. The summed E-state index contributed by atoms with van der Waals surface area (Å²) < 4.78 is 5.79. The molecule has 0 spiro atoms. The predicted octanol–water partition coefficient (Wildman–Crippen LogP) is 2.21. The van der Waals surface area contributed by atoms with Gasteiger partial charge in [0.1, 0.15) is 5.75 Å². The number of benzene rings is 1. The molecular formula is C15H19NO3. The number of ether oxygens (including phenoxy) is 1. The average molecular weight is 261 g/mol. The summed E-state index contributed by atoms with van der Waals surface area (Å²) in [6.07, 6.45) is 3.18. The first-order valence-corrected chi connectivity index (χ1v) is 6.73. The molecule has 4 nitrogen and oxygen atoms in total. The summed E-state index contributed by atoms with van der Waals surface area (Å²) in [6.45, 7) is 3.67. The first kappa shape index (κ1) is 12.5. The van der Waals surface area contributed by atoms with Crippen LogP contribution in [-0.2, 0) is 10.2 Å². The van der Waals surface area contributed by atoms with Crippen molar-refractivity contribution >= 4 is 11.6 Å². The third kappa shape index (κ3) is 1.82. The van der Waals surface area contributed by atoms with Gasteiger partial charge in [0.25, 0.3) is 5.91 Å². The van der Waals surface area contributed by atoms with Crippen LogP contribution in [0.3, 0.4) is 0 Å². The number of aliphatic hydroxyl groups excluding tert-OH is 1. The number of aliphatic hydroxyl groups is 1. The van der Waals surface area contributed by atoms with Gasteiger partial charge >= 0.3 is 0 Å². The minimum atomic E-state index is -0.850. The third-order valence-electron chi connectivity index (χ3n) is 4.37. The highest BCUT2D eigenvalue weighted by Crippen LogP contribution is 2.46. The zero-order valence-electron chi connectivity index (χ0n) is 11.3. The number of hydrogen-bond acceptors (Lipinski definition) is 3. The van der Waals surface area contributed by atoms with E-state index in [1.54, 1.807) is 13.8 Å². The molecule has 1 aliphatic heterocycles. The lowest BCUT2D eigenvalue weighted by Crippen LogP contribution is -2.46. The van der Waals surface area contributed by atoms with Crippen LogP contribution >= 0.6 is 0 Å². The zero-order valence-corrected chi connectivity index (χ0v) is 11.3. The van der Waals surface area contributed by atoms with E-state index in [2.05, 4.69) is 5.32 Å². The molecule has 2 aliphatic rings. The van der Waals surface area contributed by atoms with Gasteiger partial charge in [-0.05, 0) is 44.4 Å². The Labute approximate surface area is 112 Å². The molecule has 0 atom stereocenters. The van der Waals surface area contributed by atoms with E-state index in [0.29, 0.717) is 11.4 Å². The number of rotatable bonds is 2. The fourth-order valence-corrected chi connectivity index (χ4v) is 2.78. The lowest BCUT2D eigenvalue weighted by atomic mass is 9.65. The van der Waals surface area contributed by atoms with Gasteiger partial charge in [0, 0.05) is 5.41 Å². The van der Waals surface area contributed by atoms with Crippen molar-refractivity contribution < 1.29 is 14.6 Å². The van der Waals surface area contributed by atoms with Crippen molar-refractivity contribution in [2.45, 2.75) is 44.1 Å². The van der Waals surface area contributed by atoms with Gasteiger partial charge in [-0.3, -0.25) is 4.79 Å². The summed E-state index contributed by atoms with van der Waals surface area (Å²) in [5.41, 5.74) is 0.856. The quantitative estimate of drug-likeness (QED) is 0.858. The summed E-state index contributed by atoms with van der Waals surface area (Å²) in [5, 5.41) is 12.5. The number of carbonyl (C=O) groups excluding carboxylic acids is 1. The molecule has 1 amide bonds. The van der Waals surface area contributed by atoms with Crippen LogP contribution in [0, 0.1) is 0 Å². The Morgan fingerprint density at radius 1 is 1.37 bits per heavy atom. The molecule has 0 bridgehead atoms. The number of nitrogens with one attached hydrogen (secondary N) is 1. The smallest absolute Gasteiger partial charge is 0.268 e. The Kier molecular flexibility index (Phi) is 2.61. The van der Waals surface area contributed by atoms with Crippen molar-refractivity contribution in [2.75, 3.05) is 11.9 Å². The molecule has 3 rings (SSSR count). The Bertz CT molecular complexity index is 527. The summed E-state index contributed by atoms with van der Waals surface area (Å²) in [7, 11) is 0. The van der Waals surface area contributed by atoms with Crippen molar-refractivity contribution in [1.82, 2.24) is 0 Å². The molecule has 1 saturated carbocycles. The number of hydrogen-bond donors (Lipinski definition) is 2. The number of fused-ring (bicyclic) bond motifs is 1. The molecule has 0 aromatic heterocycles. The Balaban J connectivity index is 1.99. The largest absolute Gasteiger partial charge is 0.476 e. The lowest BCUT2D eigenvalue weighted by molar-refractivity contribution is -0.129. The second-order valence-corrected chi connectivity index (χ2v) is 6.07. The fraction of sp³-hybridized carbons (Fsp3) is 0.533. The lowest BCUT2D eigenvalue weighted by Gasteiger charge is -2.41. The van der Waals surface area contributed by atoms with E-state index in [4.69, 9.17) is 4.74 Å². The van der Waals surface area contributed by atoms with Gasteiger partial charge in [0.05, 0.1) is 12.3 Å². The summed E-state index contributed by atoms with van der Waals surface area (Å²) in [4.78, 5) is 11.8. The third-order valence-corrected chi connectivity index (χ3v) is 4.37. The number of amides is 1. The van der Waals surface area contributed by atoms with Gasteiger partial charge in [0.15, 0.2) is 5.60 Å². The highest BCUT2D eigenvalue weighted by molar-refractivity contribution is 6.00. The van der Waals surface area contributed by atoms with E-state index in [1.165, 1.54) is 0 Å². The molecule has 1 fully saturated rings. The molecule has 0 unspecified atom stereocenters. The second kappa shape index (κ2) is 3.97. The van der Waals surface area contributed by atoms with Crippen molar-refractivity contribution in [3.63, 3.8) is 0 Å². The molecule has 0 radical (unpaired) electrons. The van der Waals surface area contributed by atoms with E-state index < -0.39 is 5.60 Å². The SMILES string of the molecule is CC1(C)Oc2cc(C3(CO)CCC3)ccc2NC1=O. The van der Waals surface area contributed by atoms with E-state index in [1.807, 2.05) is 18.2 Å². The van der Waals surface area contributed by atoms with Crippen LogP contribution in [-0.4, -0.2) is 23.2 Å². The van der Waals surface area contributed by atoms with Crippen molar-refractivity contribution in [2.24, 2.45) is 0 Å². The normalized spacial score (nSPS) is 22.8. The molecule has 1 aromatic carbocycles. The standard InChI is InChI=1S/C15H19NO3/c1-14(2)13(18)16-11-5-4-10(8-12(11)19-14)15(9-17)6-3-7-15/h4-5,8,17H,3,6-7,9H2,1-2H3,(H,16,18). The molecule has 4 heteroatoms. The first-order valence-electron chi connectivity index (χ1n) is 6.73. The van der Waals surface area contributed by atoms with E-state index in [9.17, 15) is 9.90 Å². The Morgan fingerprint density at radius 2 is 2.11 bits per heavy atom. The molecule has 102 valence electrons. The zero-order chi connectivity index (χ0) is 13.7. The molecular weight excluding hydrogens is 242 g/mol. The van der Waals surface area contributed by atoms with Crippen molar-refractivity contribution in [1.29, 1.82) is 0 Å². The van der Waals surface area contributed by atoms with Crippen LogP contribution in [0.5, 0.6) is 5.75 Å². The second-order valence-electron chi connectivity index (χ2n) is 6.07. The van der Waals surface area contributed by atoms with Gasteiger partial charge in [-0.25, -0.2) is 0 Å². The minimum absolute atomic E-state index is 0.107. The highest BCUT2D eigenvalue weighted by atomic mass is 16.5. The van der Waals surface area contributed by atoms with Crippen molar-refractivity contribution in [3.8, 4) is 5.75 Å². The molecule has 2 N–H and O–H groups in total. The van der Waals surface area contributed by atoms with E-state index >= 15 is 0 Å². The van der Waals surface area contributed by atoms with Crippen LogP contribution in [0.25, 0.3) is 0 Å². The predicted molar refractivity (Wildman–Crippen MR) is 72.4 cm³/mol.